The van der Waals surface area contributed by atoms with Gasteiger partial charge in [0.15, 0.2) is 0 Å². The first kappa shape index (κ1) is 10.8. The third-order valence-electron chi connectivity index (χ3n) is 3.94. The Labute approximate surface area is 102 Å². The molecule has 3 heterocycles. The number of hydrogen-bond donors (Lipinski definition) is 1. The highest BCUT2D eigenvalue weighted by Gasteiger charge is 2.36. The summed E-state index contributed by atoms with van der Waals surface area (Å²) in [4.78, 5) is 5.57. The molecule has 2 atom stereocenters. The summed E-state index contributed by atoms with van der Waals surface area (Å²) in [5, 5.41) is 3.75. The van der Waals surface area contributed by atoms with E-state index in [9.17, 15) is 0 Å². The molecule has 1 aromatic heterocycles. The number of thiophene rings is 1. The first-order valence-corrected chi connectivity index (χ1v) is 7.17. The van der Waals surface area contributed by atoms with Gasteiger partial charge in [-0.3, -0.25) is 4.90 Å². The number of hydrogen-bond acceptors (Lipinski definition) is 3. The van der Waals surface area contributed by atoms with Crippen molar-refractivity contribution < 1.29 is 0 Å². The third-order valence-corrected chi connectivity index (χ3v) is 4.94. The fourth-order valence-corrected chi connectivity index (χ4v) is 3.97. The lowest BCUT2D eigenvalue weighted by atomic mass is 10.1. The number of aryl methyl sites for hydroxylation is 1. The lowest BCUT2D eigenvalue weighted by molar-refractivity contribution is 0.299. The quantitative estimate of drug-likeness (QED) is 0.867. The van der Waals surface area contributed by atoms with Gasteiger partial charge in [0.25, 0.3) is 0 Å². The van der Waals surface area contributed by atoms with Gasteiger partial charge >= 0.3 is 0 Å². The van der Waals surface area contributed by atoms with Gasteiger partial charge in [-0.2, -0.15) is 0 Å². The van der Waals surface area contributed by atoms with Crippen LogP contribution in [0.5, 0.6) is 0 Å². The summed E-state index contributed by atoms with van der Waals surface area (Å²) >= 11 is 1.92. The molecule has 2 aliphatic rings. The Balaban J connectivity index is 1.55. The van der Waals surface area contributed by atoms with E-state index < -0.39 is 0 Å². The van der Waals surface area contributed by atoms with Gasteiger partial charge in [-0.05, 0) is 44.9 Å². The molecule has 2 fully saturated rings. The lowest BCUT2D eigenvalue weighted by Gasteiger charge is -2.20. The molecule has 1 aromatic rings. The zero-order valence-corrected chi connectivity index (χ0v) is 10.7. The molecule has 2 nitrogen and oxygen atoms in total. The molecule has 88 valence electrons. The maximum Gasteiger partial charge on any atom is 0.0303 e. The van der Waals surface area contributed by atoms with Crippen molar-refractivity contribution in [3.63, 3.8) is 0 Å². The summed E-state index contributed by atoms with van der Waals surface area (Å²) in [5.41, 5.74) is 0. The lowest BCUT2D eigenvalue weighted by Crippen LogP contribution is -2.38. The molecule has 0 aromatic carbocycles. The van der Waals surface area contributed by atoms with Crippen LogP contribution in [0, 0.1) is 6.92 Å². The van der Waals surface area contributed by atoms with E-state index in [1.165, 1.54) is 42.1 Å². The molecule has 0 bridgehead atoms. The molecule has 2 unspecified atom stereocenters. The summed E-state index contributed by atoms with van der Waals surface area (Å²) in [6, 6.07) is 6.05. The van der Waals surface area contributed by atoms with Crippen molar-refractivity contribution in [2.75, 3.05) is 13.1 Å². The van der Waals surface area contributed by atoms with Crippen molar-refractivity contribution in [3.8, 4) is 0 Å². The fraction of sp³-hybridized carbons (Fsp3) is 0.692. The van der Waals surface area contributed by atoms with Gasteiger partial charge in [0, 0.05) is 34.9 Å². The fourth-order valence-electron chi connectivity index (χ4n) is 3.13. The van der Waals surface area contributed by atoms with Crippen LogP contribution in [-0.2, 0) is 6.54 Å². The summed E-state index contributed by atoms with van der Waals surface area (Å²) < 4.78 is 0. The van der Waals surface area contributed by atoms with Gasteiger partial charge in [-0.15, -0.1) is 11.3 Å². The molecule has 0 spiro atoms. The summed E-state index contributed by atoms with van der Waals surface area (Å²) in [6.45, 7) is 5.89. The number of fused-ring (bicyclic) bond motifs is 1. The number of rotatable bonds is 3. The zero-order valence-electron chi connectivity index (χ0n) is 9.91. The zero-order chi connectivity index (χ0) is 11.0. The highest BCUT2D eigenvalue weighted by atomic mass is 32.1. The predicted octanol–water partition coefficient (Wildman–Crippen LogP) is 2.38. The van der Waals surface area contributed by atoms with E-state index in [-0.39, 0.29) is 0 Å². The largest absolute Gasteiger partial charge is 0.307 e. The average molecular weight is 236 g/mol. The third kappa shape index (κ3) is 2.04. The van der Waals surface area contributed by atoms with Gasteiger partial charge in [0.05, 0.1) is 0 Å². The SMILES string of the molecule is Cc1ccc(CNC2CCN3CCCC23)s1. The van der Waals surface area contributed by atoms with Crippen molar-refractivity contribution in [2.45, 2.75) is 44.8 Å². The molecule has 2 saturated heterocycles. The molecule has 1 N–H and O–H groups in total. The first-order valence-electron chi connectivity index (χ1n) is 6.36. The Bertz CT molecular complexity index is 361. The monoisotopic (exact) mass is 236 g/mol. The second-order valence-electron chi connectivity index (χ2n) is 5.03. The van der Waals surface area contributed by atoms with Gasteiger partial charge in [-0.25, -0.2) is 0 Å². The molecular formula is C13H20N2S. The molecule has 3 heteroatoms. The smallest absolute Gasteiger partial charge is 0.0303 e. The van der Waals surface area contributed by atoms with Gasteiger partial charge in [-0.1, -0.05) is 0 Å². The molecule has 0 radical (unpaired) electrons. The Morgan fingerprint density at radius 1 is 1.38 bits per heavy atom. The topological polar surface area (TPSA) is 15.3 Å². The van der Waals surface area contributed by atoms with Gasteiger partial charge in [0.2, 0.25) is 0 Å². The van der Waals surface area contributed by atoms with Crippen molar-refractivity contribution in [2.24, 2.45) is 0 Å². The van der Waals surface area contributed by atoms with Crippen LogP contribution in [-0.4, -0.2) is 30.1 Å². The molecule has 0 amide bonds. The van der Waals surface area contributed by atoms with Crippen LogP contribution in [0.25, 0.3) is 0 Å². The van der Waals surface area contributed by atoms with Crippen LogP contribution in [0.4, 0.5) is 0 Å². The maximum atomic E-state index is 3.75. The summed E-state index contributed by atoms with van der Waals surface area (Å²) in [5.74, 6) is 0. The second kappa shape index (κ2) is 4.47. The molecule has 3 rings (SSSR count). The number of nitrogens with zero attached hydrogens (tertiary/aromatic N) is 1. The minimum Gasteiger partial charge on any atom is -0.307 e. The highest BCUT2D eigenvalue weighted by molar-refractivity contribution is 7.11. The van der Waals surface area contributed by atoms with E-state index in [4.69, 9.17) is 0 Å². The Hall–Kier alpha value is -0.380. The predicted molar refractivity (Wildman–Crippen MR) is 68.9 cm³/mol. The standard InChI is InChI=1S/C13H20N2S/c1-10-4-5-11(16-10)9-14-12-6-8-15-7-2-3-13(12)15/h4-5,12-14H,2-3,6-9H2,1H3. The normalized spacial score (nSPS) is 29.8. The molecular weight excluding hydrogens is 216 g/mol. The van der Waals surface area contributed by atoms with Crippen LogP contribution in [0.3, 0.4) is 0 Å². The maximum absolute atomic E-state index is 3.75. The summed E-state index contributed by atoms with van der Waals surface area (Å²) in [6.07, 6.45) is 4.15. The summed E-state index contributed by atoms with van der Waals surface area (Å²) in [7, 11) is 0. The van der Waals surface area contributed by atoms with E-state index in [1.807, 2.05) is 11.3 Å². The van der Waals surface area contributed by atoms with E-state index in [0.29, 0.717) is 0 Å². The highest BCUT2D eigenvalue weighted by Crippen LogP contribution is 2.28. The molecule has 0 aliphatic carbocycles. The van der Waals surface area contributed by atoms with Crippen LogP contribution >= 0.6 is 11.3 Å². The van der Waals surface area contributed by atoms with Crippen LogP contribution < -0.4 is 5.32 Å². The number of nitrogens with one attached hydrogen (secondary N) is 1. The Kier molecular flexibility index (Phi) is 3.01. The van der Waals surface area contributed by atoms with Crippen LogP contribution in [0.15, 0.2) is 12.1 Å². The van der Waals surface area contributed by atoms with Crippen molar-refractivity contribution >= 4 is 11.3 Å². The molecule has 16 heavy (non-hydrogen) atoms. The minimum absolute atomic E-state index is 0.741. The molecule has 2 aliphatic heterocycles. The van der Waals surface area contributed by atoms with Crippen molar-refractivity contribution in [3.05, 3.63) is 21.9 Å². The van der Waals surface area contributed by atoms with Crippen molar-refractivity contribution in [1.29, 1.82) is 0 Å². The molecule has 0 saturated carbocycles. The van der Waals surface area contributed by atoms with Crippen LogP contribution in [0.2, 0.25) is 0 Å². The first-order chi connectivity index (χ1) is 7.83. The van der Waals surface area contributed by atoms with E-state index in [2.05, 4.69) is 29.3 Å². The van der Waals surface area contributed by atoms with Gasteiger partial charge < -0.3 is 5.32 Å². The van der Waals surface area contributed by atoms with E-state index in [1.54, 1.807) is 0 Å². The van der Waals surface area contributed by atoms with Crippen LogP contribution in [0.1, 0.15) is 29.0 Å². The Morgan fingerprint density at radius 2 is 2.31 bits per heavy atom. The second-order valence-corrected chi connectivity index (χ2v) is 6.41. The Morgan fingerprint density at radius 3 is 3.12 bits per heavy atom. The van der Waals surface area contributed by atoms with E-state index >= 15 is 0 Å². The van der Waals surface area contributed by atoms with Crippen molar-refractivity contribution in [1.82, 2.24) is 10.2 Å². The van der Waals surface area contributed by atoms with Gasteiger partial charge in [0.1, 0.15) is 0 Å². The van der Waals surface area contributed by atoms with E-state index in [0.717, 1.165) is 18.6 Å². The average Bonchev–Trinajstić information content (AvgIpc) is 2.91. The minimum atomic E-state index is 0.741.